The van der Waals surface area contributed by atoms with Gasteiger partial charge in [-0.25, -0.2) is 0 Å². The molecular formula is C10H18N2O2. The quantitative estimate of drug-likeness (QED) is 0.777. The fourth-order valence-corrected chi connectivity index (χ4v) is 1.26. The van der Waals surface area contributed by atoms with Crippen LogP contribution in [0.1, 0.15) is 32.6 Å². The molecule has 0 radical (unpaired) electrons. The molecule has 80 valence electrons. The average molecular weight is 198 g/mol. The molecule has 1 aromatic rings. The van der Waals surface area contributed by atoms with E-state index >= 15 is 0 Å². The van der Waals surface area contributed by atoms with Crippen molar-refractivity contribution in [1.82, 2.24) is 9.78 Å². The van der Waals surface area contributed by atoms with Crippen LogP contribution in [0.3, 0.4) is 0 Å². The van der Waals surface area contributed by atoms with Crippen molar-refractivity contribution < 1.29 is 9.84 Å². The maximum Gasteiger partial charge on any atom is 0.119 e. The van der Waals surface area contributed by atoms with Crippen molar-refractivity contribution in [1.29, 1.82) is 0 Å². The third-order valence-corrected chi connectivity index (χ3v) is 1.98. The molecule has 1 aromatic heterocycles. The van der Waals surface area contributed by atoms with Crippen LogP contribution in [-0.4, -0.2) is 27.6 Å². The average Bonchev–Trinajstić information content (AvgIpc) is 2.61. The lowest BCUT2D eigenvalue weighted by molar-refractivity contribution is 0.00153. The maximum absolute atomic E-state index is 9.78. The molecule has 1 heterocycles. The molecular weight excluding hydrogens is 180 g/mol. The van der Waals surface area contributed by atoms with Gasteiger partial charge >= 0.3 is 0 Å². The Morgan fingerprint density at radius 3 is 2.86 bits per heavy atom. The molecule has 1 rings (SSSR count). The first-order valence-electron chi connectivity index (χ1n) is 4.96. The van der Waals surface area contributed by atoms with E-state index in [0.717, 1.165) is 12.2 Å². The molecule has 4 heteroatoms. The van der Waals surface area contributed by atoms with Crippen molar-refractivity contribution in [2.24, 2.45) is 0 Å². The molecule has 0 aliphatic heterocycles. The van der Waals surface area contributed by atoms with Crippen LogP contribution in [0.4, 0.5) is 0 Å². The topological polar surface area (TPSA) is 47.3 Å². The second-order valence-corrected chi connectivity index (χ2v) is 3.47. The van der Waals surface area contributed by atoms with E-state index < -0.39 is 6.10 Å². The van der Waals surface area contributed by atoms with Crippen molar-refractivity contribution in [3.8, 4) is 0 Å². The number of aliphatic hydroxyl groups is 1. The molecule has 0 aromatic carbocycles. The van der Waals surface area contributed by atoms with E-state index in [4.69, 9.17) is 4.74 Å². The summed E-state index contributed by atoms with van der Waals surface area (Å²) in [7, 11) is 0. The van der Waals surface area contributed by atoms with E-state index in [1.165, 1.54) is 0 Å². The number of aliphatic hydroxyl groups excluding tert-OH is 1. The maximum atomic E-state index is 9.78. The normalized spacial score (nSPS) is 13.5. The summed E-state index contributed by atoms with van der Waals surface area (Å²) < 4.78 is 7.11. The minimum Gasteiger partial charge on any atom is -0.384 e. The lowest BCUT2D eigenvalue weighted by Crippen LogP contribution is -2.15. The van der Waals surface area contributed by atoms with Gasteiger partial charge in [0.1, 0.15) is 6.10 Å². The Morgan fingerprint density at radius 2 is 2.29 bits per heavy atom. The van der Waals surface area contributed by atoms with E-state index in [-0.39, 0.29) is 6.10 Å². The van der Waals surface area contributed by atoms with E-state index in [2.05, 4.69) is 5.10 Å². The Hall–Kier alpha value is -0.870. The first kappa shape index (κ1) is 11.2. The molecule has 1 N–H and O–H groups in total. The lowest BCUT2D eigenvalue weighted by atomic mass is 10.2. The molecule has 1 unspecified atom stereocenters. The van der Waals surface area contributed by atoms with E-state index in [1.807, 2.05) is 26.8 Å². The summed E-state index contributed by atoms with van der Waals surface area (Å²) in [5.74, 6) is 0. The second kappa shape index (κ2) is 5.12. The Labute approximate surface area is 84.5 Å². The van der Waals surface area contributed by atoms with Gasteiger partial charge in [0.05, 0.1) is 18.4 Å². The molecule has 0 aliphatic carbocycles. The van der Waals surface area contributed by atoms with Crippen LogP contribution in [0.5, 0.6) is 0 Å². The summed E-state index contributed by atoms with van der Waals surface area (Å²) in [6, 6.07) is 1.82. The predicted molar refractivity (Wildman–Crippen MR) is 53.9 cm³/mol. The molecule has 4 nitrogen and oxygen atoms in total. The number of ether oxygens (including phenoxy) is 1. The van der Waals surface area contributed by atoms with Gasteiger partial charge in [0, 0.05) is 12.7 Å². The number of hydrogen-bond donors (Lipinski definition) is 1. The van der Waals surface area contributed by atoms with Crippen LogP contribution in [0.2, 0.25) is 0 Å². The van der Waals surface area contributed by atoms with Crippen LogP contribution in [0, 0.1) is 0 Å². The number of nitrogens with zero attached hydrogens (tertiary/aromatic N) is 2. The number of rotatable bonds is 5. The Bertz CT molecular complexity index is 271. The van der Waals surface area contributed by atoms with E-state index in [9.17, 15) is 5.11 Å². The summed E-state index contributed by atoms with van der Waals surface area (Å²) >= 11 is 0. The van der Waals surface area contributed by atoms with Gasteiger partial charge in [-0.3, -0.25) is 4.68 Å². The summed E-state index contributed by atoms with van der Waals surface area (Å²) in [4.78, 5) is 0. The highest BCUT2D eigenvalue weighted by Gasteiger charge is 2.12. The van der Waals surface area contributed by atoms with Crippen molar-refractivity contribution in [2.45, 2.75) is 39.5 Å². The van der Waals surface area contributed by atoms with Crippen molar-refractivity contribution in [3.05, 3.63) is 18.0 Å². The van der Waals surface area contributed by atoms with Gasteiger partial charge in [-0.1, -0.05) is 0 Å². The third-order valence-electron chi connectivity index (χ3n) is 1.98. The highest BCUT2D eigenvalue weighted by molar-refractivity contribution is 5.04. The third kappa shape index (κ3) is 2.82. The minimum absolute atomic E-state index is 0.141. The lowest BCUT2D eigenvalue weighted by Gasteiger charge is -2.14. The summed E-state index contributed by atoms with van der Waals surface area (Å²) in [6.07, 6.45) is 1.25. The monoisotopic (exact) mass is 198 g/mol. The second-order valence-electron chi connectivity index (χ2n) is 3.47. The molecule has 0 fully saturated rings. The number of aromatic nitrogens is 2. The smallest absolute Gasteiger partial charge is 0.119 e. The molecule has 0 aliphatic rings. The highest BCUT2D eigenvalue weighted by Crippen LogP contribution is 2.13. The van der Waals surface area contributed by atoms with Gasteiger partial charge in [-0.05, 0) is 26.8 Å². The molecule has 14 heavy (non-hydrogen) atoms. The largest absolute Gasteiger partial charge is 0.384 e. The van der Waals surface area contributed by atoms with Gasteiger partial charge in [0.25, 0.3) is 0 Å². The summed E-state index contributed by atoms with van der Waals surface area (Å²) in [6.45, 7) is 6.98. The predicted octanol–water partition coefficient (Wildman–Crippen LogP) is 1.36. The fourth-order valence-electron chi connectivity index (χ4n) is 1.26. The fraction of sp³-hybridized carbons (Fsp3) is 0.700. The first-order valence-corrected chi connectivity index (χ1v) is 4.96. The van der Waals surface area contributed by atoms with Gasteiger partial charge in [0.2, 0.25) is 0 Å². The standard InChI is InChI=1S/C10H18N2O2/c1-4-12-9(5-6-11-12)10(13)7-14-8(2)3/h5-6,8,10,13H,4,7H2,1-3H3. The molecule has 0 spiro atoms. The van der Waals surface area contributed by atoms with Crippen LogP contribution in [0.25, 0.3) is 0 Å². The van der Waals surface area contributed by atoms with E-state index in [0.29, 0.717) is 6.61 Å². The SMILES string of the molecule is CCn1nccc1C(O)COC(C)C. The van der Waals surface area contributed by atoms with Gasteiger partial charge in [-0.2, -0.15) is 5.10 Å². The summed E-state index contributed by atoms with van der Waals surface area (Å²) in [5.41, 5.74) is 0.813. The molecule has 1 atom stereocenters. The van der Waals surface area contributed by atoms with Crippen molar-refractivity contribution in [3.63, 3.8) is 0 Å². The van der Waals surface area contributed by atoms with Crippen LogP contribution in [-0.2, 0) is 11.3 Å². The first-order chi connectivity index (χ1) is 6.65. The Kier molecular flexibility index (Phi) is 4.10. The van der Waals surface area contributed by atoms with Gasteiger partial charge in [-0.15, -0.1) is 0 Å². The Morgan fingerprint density at radius 1 is 1.57 bits per heavy atom. The summed E-state index contributed by atoms with van der Waals surface area (Å²) in [5, 5.41) is 13.9. The van der Waals surface area contributed by atoms with Crippen LogP contribution < -0.4 is 0 Å². The number of aryl methyl sites for hydroxylation is 1. The zero-order valence-electron chi connectivity index (χ0n) is 8.97. The van der Waals surface area contributed by atoms with Gasteiger partial charge < -0.3 is 9.84 Å². The Balaban J connectivity index is 2.55. The molecule has 0 amide bonds. The molecule has 0 bridgehead atoms. The zero-order valence-corrected chi connectivity index (χ0v) is 8.97. The van der Waals surface area contributed by atoms with Crippen molar-refractivity contribution >= 4 is 0 Å². The highest BCUT2D eigenvalue weighted by atomic mass is 16.5. The van der Waals surface area contributed by atoms with Crippen LogP contribution in [0.15, 0.2) is 12.3 Å². The minimum atomic E-state index is -0.583. The van der Waals surface area contributed by atoms with E-state index in [1.54, 1.807) is 10.9 Å². The zero-order chi connectivity index (χ0) is 10.6. The molecule has 0 saturated carbocycles. The van der Waals surface area contributed by atoms with Crippen molar-refractivity contribution in [2.75, 3.05) is 6.61 Å². The molecule has 0 saturated heterocycles. The number of hydrogen-bond acceptors (Lipinski definition) is 3. The van der Waals surface area contributed by atoms with Crippen LogP contribution >= 0.6 is 0 Å². The van der Waals surface area contributed by atoms with Gasteiger partial charge in [0.15, 0.2) is 0 Å².